The molecule has 0 fully saturated rings. The molecule has 0 atom stereocenters. The van der Waals surface area contributed by atoms with Gasteiger partial charge in [-0.3, -0.25) is 9.59 Å². The van der Waals surface area contributed by atoms with Crippen molar-refractivity contribution in [2.45, 2.75) is 6.92 Å². The van der Waals surface area contributed by atoms with E-state index in [1.165, 1.54) is 7.05 Å². The smallest absolute Gasteiger partial charge is 0.325 e. The fourth-order valence-electron chi connectivity index (χ4n) is 0.462. The van der Waals surface area contributed by atoms with Crippen LogP contribution in [0.15, 0.2) is 0 Å². The molecule has 64 valence electrons. The average Bonchev–Trinajstić information content (AvgIpc) is 1.87. The molecular weight excluding hydrogens is 170 g/mol. The standard InChI is InChI=1S/C6H10ClNO3/c1-3-11-5(9)4-8(2)6(7)10/h3-4H2,1-2H3. The molecule has 4 nitrogen and oxygen atoms in total. The Bertz CT molecular complexity index is 160. The first-order valence-electron chi connectivity index (χ1n) is 3.14. The first-order chi connectivity index (χ1) is 5.07. The number of hydrogen-bond acceptors (Lipinski definition) is 3. The van der Waals surface area contributed by atoms with Crippen LogP contribution in [0.5, 0.6) is 0 Å². The number of ether oxygens (including phenoxy) is 1. The number of likely N-dealkylation sites (N-methyl/N-ethyl adjacent to an activating group) is 1. The number of nitrogens with zero attached hydrogens (tertiary/aromatic N) is 1. The summed E-state index contributed by atoms with van der Waals surface area (Å²) in [6, 6.07) is 0. The number of amides is 1. The minimum Gasteiger partial charge on any atom is -0.465 e. The van der Waals surface area contributed by atoms with Crippen LogP contribution in [0.4, 0.5) is 4.79 Å². The maximum Gasteiger partial charge on any atom is 0.325 e. The van der Waals surface area contributed by atoms with Crippen LogP contribution in [-0.4, -0.2) is 36.4 Å². The minimum absolute atomic E-state index is 0.101. The lowest BCUT2D eigenvalue weighted by atomic mass is 10.6. The van der Waals surface area contributed by atoms with Gasteiger partial charge >= 0.3 is 11.3 Å². The molecule has 0 aromatic carbocycles. The van der Waals surface area contributed by atoms with E-state index in [-0.39, 0.29) is 6.54 Å². The highest BCUT2D eigenvalue weighted by molar-refractivity contribution is 6.62. The van der Waals surface area contributed by atoms with Crippen molar-refractivity contribution in [3.05, 3.63) is 0 Å². The zero-order valence-electron chi connectivity index (χ0n) is 6.46. The van der Waals surface area contributed by atoms with E-state index in [4.69, 9.17) is 11.6 Å². The summed E-state index contributed by atoms with van der Waals surface area (Å²) in [5.74, 6) is -0.455. The molecule has 0 aromatic rings. The predicted molar refractivity (Wildman–Crippen MR) is 40.5 cm³/mol. The van der Waals surface area contributed by atoms with Crippen molar-refractivity contribution in [2.75, 3.05) is 20.2 Å². The molecule has 0 bridgehead atoms. The Kier molecular flexibility index (Phi) is 4.61. The Morgan fingerprint density at radius 2 is 2.09 bits per heavy atom. The van der Waals surface area contributed by atoms with E-state index in [1.54, 1.807) is 6.92 Å². The highest BCUT2D eigenvalue weighted by Gasteiger charge is 2.09. The van der Waals surface area contributed by atoms with E-state index in [0.717, 1.165) is 4.90 Å². The molecule has 0 aliphatic carbocycles. The topological polar surface area (TPSA) is 46.6 Å². The normalized spacial score (nSPS) is 9.00. The van der Waals surface area contributed by atoms with Crippen molar-refractivity contribution in [3.63, 3.8) is 0 Å². The van der Waals surface area contributed by atoms with Crippen molar-refractivity contribution in [3.8, 4) is 0 Å². The molecule has 11 heavy (non-hydrogen) atoms. The van der Waals surface area contributed by atoms with Gasteiger partial charge in [0, 0.05) is 7.05 Å². The molecule has 1 amide bonds. The zero-order chi connectivity index (χ0) is 8.85. The van der Waals surface area contributed by atoms with Gasteiger partial charge in [-0.1, -0.05) is 0 Å². The Morgan fingerprint density at radius 3 is 2.45 bits per heavy atom. The van der Waals surface area contributed by atoms with Crippen LogP contribution in [0.3, 0.4) is 0 Å². The Balaban J connectivity index is 3.66. The van der Waals surface area contributed by atoms with Gasteiger partial charge in [-0.25, -0.2) is 0 Å². The summed E-state index contributed by atoms with van der Waals surface area (Å²) >= 11 is 5.05. The lowest BCUT2D eigenvalue weighted by molar-refractivity contribution is -0.143. The molecule has 0 heterocycles. The zero-order valence-corrected chi connectivity index (χ0v) is 7.22. The van der Waals surface area contributed by atoms with Gasteiger partial charge in [0.15, 0.2) is 0 Å². The molecule has 0 N–H and O–H groups in total. The van der Waals surface area contributed by atoms with E-state index in [2.05, 4.69) is 4.74 Å². The van der Waals surface area contributed by atoms with Gasteiger partial charge in [-0.05, 0) is 18.5 Å². The lowest BCUT2D eigenvalue weighted by Gasteiger charge is -2.10. The summed E-state index contributed by atoms with van der Waals surface area (Å²) in [6.07, 6.45) is 0. The maximum absolute atomic E-state index is 10.7. The maximum atomic E-state index is 10.7. The van der Waals surface area contributed by atoms with Crippen LogP contribution < -0.4 is 0 Å². The largest absolute Gasteiger partial charge is 0.465 e. The summed E-state index contributed by atoms with van der Waals surface area (Å²) in [6.45, 7) is 1.90. The van der Waals surface area contributed by atoms with Crippen molar-refractivity contribution in [1.29, 1.82) is 0 Å². The molecule has 0 aliphatic heterocycles. The second-order valence-electron chi connectivity index (χ2n) is 1.91. The molecule has 0 saturated heterocycles. The van der Waals surface area contributed by atoms with Gasteiger partial charge in [0.1, 0.15) is 6.54 Å². The van der Waals surface area contributed by atoms with E-state index in [9.17, 15) is 9.59 Å². The monoisotopic (exact) mass is 179 g/mol. The van der Waals surface area contributed by atoms with Gasteiger partial charge in [-0.2, -0.15) is 0 Å². The van der Waals surface area contributed by atoms with Crippen molar-refractivity contribution < 1.29 is 14.3 Å². The van der Waals surface area contributed by atoms with Crippen LogP contribution >= 0.6 is 11.6 Å². The lowest BCUT2D eigenvalue weighted by Crippen LogP contribution is -2.29. The molecular formula is C6H10ClNO3. The second-order valence-corrected chi connectivity index (χ2v) is 2.24. The molecule has 0 rings (SSSR count). The molecule has 0 radical (unpaired) electrons. The minimum atomic E-state index is -0.668. The Labute approximate surface area is 70.1 Å². The molecule has 0 unspecified atom stereocenters. The van der Waals surface area contributed by atoms with Crippen LogP contribution in [0.2, 0.25) is 0 Å². The van der Waals surface area contributed by atoms with Gasteiger partial charge < -0.3 is 9.64 Å². The van der Waals surface area contributed by atoms with Crippen LogP contribution in [0.1, 0.15) is 6.92 Å². The van der Waals surface area contributed by atoms with Crippen LogP contribution in [0, 0.1) is 0 Å². The van der Waals surface area contributed by atoms with E-state index < -0.39 is 11.3 Å². The third-order valence-corrected chi connectivity index (χ3v) is 1.26. The van der Waals surface area contributed by atoms with Gasteiger partial charge in [-0.15, -0.1) is 0 Å². The van der Waals surface area contributed by atoms with Gasteiger partial charge in [0.25, 0.3) is 0 Å². The first-order valence-corrected chi connectivity index (χ1v) is 3.52. The third kappa shape index (κ3) is 4.61. The fraction of sp³-hybridized carbons (Fsp3) is 0.667. The summed E-state index contributed by atoms with van der Waals surface area (Å²) in [7, 11) is 1.42. The Morgan fingerprint density at radius 1 is 1.55 bits per heavy atom. The second kappa shape index (κ2) is 4.96. The number of halogens is 1. The number of esters is 1. The molecule has 5 heteroatoms. The predicted octanol–water partition coefficient (Wildman–Crippen LogP) is 0.840. The quantitative estimate of drug-likeness (QED) is 0.367. The van der Waals surface area contributed by atoms with Crippen LogP contribution in [-0.2, 0) is 9.53 Å². The highest BCUT2D eigenvalue weighted by Crippen LogP contribution is 1.92. The fourth-order valence-corrected chi connectivity index (χ4v) is 0.522. The summed E-state index contributed by atoms with van der Waals surface area (Å²) in [5, 5.41) is -0.668. The van der Waals surface area contributed by atoms with Gasteiger partial charge in [0.05, 0.1) is 6.61 Å². The highest BCUT2D eigenvalue weighted by atomic mass is 35.5. The molecule has 0 aromatic heterocycles. The van der Waals surface area contributed by atoms with Crippen molar-refractivity contribution in [2.24, 2.45) is 0 Å². The summed E-state index contributed by atoms with van der Waals surface area (Å²) < 4.78 is 4.57. The number of carbonyl (C=O) groups excluding carboxylic acids is 2. The first kappa shape index (κ1) is 10.2. The van der Waals surface area contributed by atoms with Crippen LogP contribution in [0.25, 0.3) is 0 Å². The molecule has 0 saturated carbocycles. The van der Waals surface area contributed by atoms with Crippen molar-refractivity contribution in [1.82, 2.24) is 4.90 Å². The number of carbonyl (C=O) groups is 2. The van der Waals surface area contributed by atoms with E-state index in [1.807, 2.05) is 0 Å². The summed E-state index contributed by atoms with van der Waals surface area (Å²) in [4.78, 5) is 22.1. The summed E-state index contributed by atoms with van der Waals surface area (Å²) in [5.41, 5.74) is 0. The molecule has 0 aliphatic rings. The third-order valence-electron chi connectivity index (χ3n) is 0.972. The van der Waals surface area contributed by atoms with Gasteiger partial charge in [0.2, 0.25) is 0 Å². The van der Waals surface area contributed by atoms with E-state index in [0.29, 0.717) is 6.61 Å². The SMILES string of the molecule is CCOC(=O)CN(C)C(=O)Cl. The number of hydrogen-bond donors (Lipinski definition) is 0. The Hall–Kier alpha value is -0.770. The van der Waals surface area contributed by atoms with Crippen molar-refractivity contribution >= 4 is 22.9 Å². The van der Waals surface area contributed by atoms with E-state index >= 15 is 0 Å². The average molecular weight is 180 g/mol. The number of rotatable bonds is 3. The molecule has 0 spiro atoms.